The summed E-state index contributed by atoms with van der Waals surface area (Å²) in [5.74, 6) is -1.25. The van der Waals surface area contributed by atoms with Crippen LogP contribution in [0.3, 0.4) is 0 Å². The van der Waals surface area contributed by atoms with Crippen LogP contribution in [0.25, 0.3) is 0 Å². The van der Waals surface area contributed by atoms with E-state index in [-0.39, 0.29) is 11.5 Å². The third kappa shape index (κ3) is 8.52. The lowest BCUT2D eigenvalue weighted by molar-refractivity contribution is -0.136. The molecule has 4 heteroatoms. The Morgan fingerprint density at radius 3 is 1.79 bits per heavy atom. The number of carboxylic acids is 1. The molecule has 0 rings (SSSR count). The average Bonchev–Trinajstić information content (AvgIpc) is 2.16. The maximum absolute atomic E-state index is 10.4. The predicted octanol–water partition coefficient (Wildman–Crippen LogP) is 1.77. The van der Waals surface area contributed by atoms with Crippen LogP contribution in [0.4, 0.5) is 0 Å². The molecule has 0 aliphatic heterocycles. The van der Waals surface area contributed by atoms with E-state index in [4.69, 9.17) is 5.11 Å². The third-order valence-corrected chi connectivity index (χ3v) is 1.27. The Morgan fingerprint density at radius 2 is 1.71 bits per heavy atom. The van der Waals surface area contributed by atoms with E-state index < -0.39 is 5.97 Å². The summed E-state index contributed by atoms with van der Waals surface area (Å²) in [4.78, 5) is 20.0. The highest BCUT2D eigenvalue weighted by Crippen LogP contribution is 1.96. The van der Waals surface area contributed by atoms with Gasteiger partial charge >= 0.3 is 11.9 Å². The first kappa shape index (κ1) is 14.9. The number of ether oxygens (including phenoxy) is 1. The SMILES string of the molecule is C=C(C)C(=O)O.C=C(CC)C(=O)OC. The molecule has 0 aromatic heterocycles. The summed E-state index contributed by atoms with van der Waals surface area (Å²) in [6, 6.07) is 0. The number of carbonyl (C=O) groups excluding carboxylic acids is 1. The number of hydrogen-bond acceptors (Lipinski definition) is 3. The van der Waals surface area contributed by atoms with E-state index in [1.54, 1.807) is 0 Å². The largest absolute Gasteiger partial charge is 0.478 e. The van der Waals surface area contributed by atoms with E-state index >= 15 is 0 Å². The summed E-state index contributed by atoms with van der Waals surface area (Å²) < 4.78 is 4.36. The number of rotatable bonds is 3. The van der Waals surface area contributed by atoms with Crippen LogP contribution < -0.4 is 0 Å². The van der Waals surface area contributed by atoms with Gasteiger partial charge in [0.25, 0.3) is 0 Å². The third-order valence-electron chi connectivity index (χ3n) is 1.27. The van der Waals surface area contributed by atoms with Crippen molar-refractivity contribution in [3.05, 3.63) is 24.3 Å². The highest BCUT2D eigenvalue weighted by molar-refractivity contribution is 5.87. The zero-order valence-corrected chi connectivity index (χ0v) is 8.79. The fourth-order valence-corrected chi connectivity index (χ4v) is 0.289. The quantitative estimate of drug-likeness (QED) is 0.557. The Hall–Kier alpha value is -1.58. The molecule has 0 aromatic rings. The van der Waals surface area contributed by atoms with Gasteiger partial charge in [0, 0.05) is 11.1 Å². The van der Waals surface area contributed by atoms with E-state index in [0.717, 1.165) is 0 Å². The van der Waals surface area contributed by atoms with Gasteiger partial charge in [0.15, 0.2) is 0 Å². The lowest BCUT2D eigenvalue weighted by Gasteiger charge is -1.95. The first-order chi connectivity index (χ1) is 6.36. The highest BCUT2D eigenvalue weighted by atomic mass is 16.5. The predicted molar refractivity (Wildman–Crippen MR) is 53.9 cm³/mol. The Balaban J connectivity index is 0. The van der Waals surface area contributed by atoms with Crippen LogP contribution in [0, 0.1) is 0 Å². The minimum atomic E-state index is -0.935. The molecule has 0 atom stereocenters. The number of hydrogen-bond donors (Lipinski definition) is 1. The van der Waals surface area contributed by atoms with Gasteiger partial charge in [0.2, 0.25) is 0 Å². The van der Waals surface area contributed by atoms with Gasteiger partial charge in [-0.2, -0.15) is 0 Å². The maximum Gasteiger partial charge on any atom is 0.333 e. The fraction of sp³-hybridized carbons (Fsp3) is 0.400. The van der Waals surface area contributed by atoms with Crippen molar-refractivity contribution < 1.29 is 19.4 Å². The minimum absolute atomic E-state index is 0.176. The molecule has 0 amide bonds. The van der Waals surface area contributed by atoms with Crippen LogP contribution in [-0.4, -0.2) is 24.2 Å². The monoisotopic (exact) mass is 200 g/mol. The Labute approximate surface area is 83.9 Å². The second-order valence-electron chi connectivity index (χ2n) is 2.53. The van der Waals surface area contributed by atoms with Crippen LogP contribution in [0.2, 0.25) is 0 Å². The van der Waals surface area contributed by atoms with Gasteiger partial charge in [0.05, 0.1) is 7.11 Å². The average molecular weight is 200 g/mol. The van der Waals surface area contributed by atoms with Gasteiger partial charge in [-0.3, -0.25) is 0 Å². The van der Waals surface area contributed by atoms with E-state index in [0.29, 0.717) is 12.0 Å². The molecule has 0 bridgehead atoms. The molecule has 0 fully saturated rings. The van der Waals surface area contributed by atoms with Gasteiger partial charge < -0.3 is 9.84 Å². The molecular formula is C10H16O4. The van der Waals surface area contributed by atoms with Crippen LogP contribution in [0.5, 0.6) is 0 Å². The minimum Gasteiger partial charge on any atom is -0.478 e. The summed E-state index contributed by atoms with van der Waals surface area (Å²) >= 11 is 0. The van der Waals surface area contributed by atoms with Gasteiger partial charge in [-0.05, 0) is 13.3 Å². The van der Waals surface area contributed by atoms with Crippen molar-refractivity contribution in [1.29, 1.82) is 0 Å². The molecule has 80 valence electrons. The van der Waals surface area contributed by atoms with Crippen LogP contribution >= 0.6 is 0 Å². The van der Waals surface area contributed by atoms with E-state index in [9.17, 15) is 9.59 Å². The molecule has 4 nitrogen and oxygen atoms in total. The van der Waals surface area contributed by atoms with Gasteiger partial charge in [-0.25, -0.2) is 9.59 Å². The Bertz CT molecular complexity index is 215. The van der Waals surface area contributed by atoms with Crippen molar-refractivity contribution in [2.45, 2.75) is 20.3 Å². The zero-order valence-electron chi connectivity index (χ0n) is 8.79. The van der Waals surface area contributed by atoms with Crippen molar-refractivity contribution in [2.75, 3.05) is 7.11 Å². The molecule has 0 heterocycles. The molecule has 0 radical (unpaired) electrons. The fourth-order valence-electron chi connectivity index (χ4n) is 0.289. The van der Waals surface area contributed by atoms with Crippen molar-refractivity contribution in [1.82, 2.24) is 0 Å². The summed E-state index contributed by atoms with van der Waals surface area (Å²) in [5, 5.41) is 7.89. The number of methoxy groups -OCH3 is 1. The second-order valence-corrected chi connectivity index (χ2v) is 2.53. The Kier molecular flexibility index (Phi) is 8.57. The maximum atomic E-state index is 10.4. The van der Waals surface area contributed by atoms with Crippen LogP contribution in [0.15, 0.2) is 24.3 Å². The lowest BCUT2D eigenvalue weighted by Crippen LogP contribution is -2.01. The van der Waals surface area contributed by atoms with Crippen LogP contribution in [-0.2, 0) is 14.3 Å². The Morgan fingerprint density at radius 1 is 1.36 bits per heavy atom. The summed E-state index contributed by atoms with van der Waals surface area (Å²) in [5.41, 5.74) is 0.697. The van der Waals surface area contributed by atoms with Gasteiger partial charge in [0.1, 0.15) is 0 Å². The number of carbonyl (C=O) groups is 2. The van der Waals surface area contributed by atoms with Crippen molar-refractivity contribution in [3.63, 3.8) is 0 Å². The molecular weight excluding hydrogens is 184 g/mol. The summed E-state index contributed by atoms with van der Waals surface area (Å²) in [6.07, 6.45) is 0.659. The molecule has 14 heavy (non-hydrogen) atoms. The van der Waals surface area contributed by atoms with E-state index in [1.807, 2.05) is 6.92 Å². The van der Waals surface area contributed by atoms with Gasteiger partial charge in [-0.1, -0.05) is 20.1 Å². The molecule has 0 aromatic carbocycles. The number of aliphatic carboxylic acids is 1. The molecule has 0 aliphatic rings. The molecule has 0 unspecified atom stereocenters. The molecule has 0 spiro atoms. The standard InChI is InChI=1S/C6H10O2.C4H6O2/c1-4-5(2)6(7)8-3;1-3(2)4(5)6/h2,4H2,1,3H3;1H2,2H3,(H,5,6). The highest BCUT2D eigenvalue weighted by Gasteiger charge is 2.00. The molecule has 0 saturated carbocycles. The van der Waals surface area contributed by atoms with Gasteiger partial charge in [-0.15, -0.1) is 0 Å². The molecule has 0 aliphatic carbocycles. The van der Waals surface area contributed by atoms with E-state index in [2.05, 4.69) is 17.9 Å². The lowest BCUT2D eigenvalue weighted by atomic mass is 10.2. The second kappa shape index (κ2) is 8.04. The van der Waals surface area contributed by atoms with Crippen LogP contribution in [0.1, 0.15) is 20.3 Å². The first-order valence-electron chi connectivity index (χ1n) is 4.01. The summed E-state index contributed by atoms with van der Waals surface area (Å²) in [6.45, 7) is 9.93. The number of esters is 1. The van der Waals surface area contributed by atoms with Crippen molar-refractivity contribution >= 4 is 11.9 Å². The summed E-state index contributed by atoms with van der Waals surface area (Å²) in [7, 11) is 1.35. The number of carboxylic acid groups (broad SMARTS) is 1. The zero-order chi connectivity index (χ0) is 11.7. The smallest absolute Gasteiger partial charge is 0.333 e. The van der Waals surface area contributed by atoms with Crippen molar-refractivity contribution in [2.24, 2.45) is 0 Å². The molecule has 0 saturated heterocycles. The normalized spacial score (nSPS) is 7.93. The molecule has 1 N–H and O–H groups in total. The first-order valence-corrected chi connectivity index (χ1v) is 4.01. The topological polar surface area (TPSA) is 63.6 Å². The van der Waals surface area contributed by atoms with E-state index in [1.165, 1.54) is 14.0 Å². The van der Waals surface area contributed by atoms with Crippen molar-refractivity contribution in [3.8, 4) is 0 Å².